The summed E-state index contributed by atoms with van der Waals surface area (Å²) in [5.41, 5.74) is 0.683. The molecule has 144 valence electrons. The summed E-state index contributed by atoms with van der Waals surface area (Å²) in [4.78, 5) is 12.7. The molecule has 0 radical (unpaired) electrons. The van der Waals surface area contributed by atoms with Crippen molar-refractivity contribution in [1.82, 2.24) is 0 Å². The Bertz CT molecular complexity index is 851. The van der Waals surface area contributed by atoms with E-state index < -0.39 is 7.26 Å². The highest BCUT2D eigenvalue weighted by atomic mass is 31.2. The van der Waals surface area contributed by atoms with Gasteiger partial charge in [0, 0.05) is 0 Å². The molecule has 28 heavy (non-hydrogen) atoms. The van der Waals surface area contributed by atoms with Crippen LogP contribution in [-0.4, -0.2) is 19.2 Å². The van der Waals surface area contributed by atoms with Crippen LogP contribution < -0.4 is 15.9 Å². The molecule has 0 aliphatic heterocycles. The summed E-state index contributed by atoms with van der Waals surface area (Å²) in [6.07, 6.45) is 4.52. The van der Waals surface area contributed by atoms with Crippen molar-refractivity contribution >= 4 is 29.1 Å². The number of rotatable bonds is 8. The van der Waals surface area contributed by atoms with Crippen LogP contribution in [0, 0.1) is 0 Å². The lowest BCUT2D eigenvalue weighted by atomic mass is 10.2. The molecule has 3 aromatic carbocycles. The Kier molecular flexibility index (Phi) is 7.01. The molecule has 0 aromatic heterocycles. The molecule has 3 rings (SSSR count). The lowest BCUT2D eigenvalue weighted by Gasteiger charge is -2.29. The fourth-order valence-corrected chi connectivity index (χ4v) is 8.45. The molecule has 0 atom stereocenters. The number of unbranched alkanes of at least 4 members (excludes halogenated alkanes) is 2. The van der Waals surface area contributed by atoms with Crippen LogP contribution in [0.2, 0.25) is 0 Å². The van der Waals surface area contributed by atoms with Gasteiger partial charge in [0.05, 0.1) is 13.3 Å². The fourth-order valence-electron chi connectivity index (χ4n) is 3.86. The number of ether oxygens (including phenoxy) is 1. The van der Waals surface area contributed by atoms with E-state index in [2.05, 4.69) is 73.7 Å². The minimum absolute atomic E-state index is 0.262. The number of carbonyl (C=O) groups is 1. The van der Waals surface area contributed by atoms with Gasteiger partial charge in [0.25, 0.3) is 0 Å². The molecule has 0 bridgehead atoms. The van der Waals surface area contributed by atoms with E-state index in [0.717, 1.165) is 17.9 Å². The Morgan fingerprint density at radius 1 is 0.786 bits per heavy atom. The molecule has 0 aliphatic carbocycles. The molecule has 0 fully saturated rings. The van der Waals surface area contributed by atoms with E-state index in [1.54, 1.807) is 0 Å². The molecule has 0 heterocycles. The highest BCUT2D eigenvalue weighted by Crippen LogP contribution is 2.56. The van der Waals surface area contributed by atoms with Crippen LogP contribution >= 0.6 is 7.26 Å². The summed E-state index contributed by atoms with van der Waals surface area (Å²) in [6.45, 7) is 2.23. The highest BCUT2D eigenvalue weighted by Gasteiger charge is 2.47. The van der Waals surface area contributed by atoms with E-state index in [1.807, 2.05) is 18.2 Å². The standard InChI is InChI=1S/C25H28O2P/c1-3-4-13-20-28(21-14-7-5-8-15-21,22-16-9-6-10-17-22)24-19-12-11-18-23(24)25(26)27-2/h5-12,14-19H,3-4,13,20H2,1-2H3/q+1. The summed E-state index contributed by atoms with van der Waals surface area (Å²) < 4.78 is 5.15. The van der Waals surface area contributed by atoms with Crippen LogP contribution in [0.3, 0.4) is 0 Å². The van der Waals surface area contributed by atoms with Gasteiger partial charge in [-0.25, -0.2) is 4.79 Å². The molecule has 0 saturated heterocycles. The number of methoxy groups -OCH3 is 1. The SMILES string of the molecule is CCCCC[P+](c1ccccc1)(c1ccccc1)c1ccccc1C(=O)OC. The quantitative estimate of drug-likeness (QED) is 0.308. The minimum Gasteiger partial charge on any atom is -0.465 e. The van der Waals surface area contributed by atoms with Gasteiger partial charge in [-0.1, -0.05) is 68.3 Å². The predicted molar refractivity (Wildman–Crippen MR) is 121 cm³/mol. The zero-order valence-corrected chi connectivity index (χ0v) is 17.6. The second-order valence-corrected chi connectivity index (χ2v) is 10.5. The minimum atomic E-state index is -1.99. The Morgan fingerprint density at radius 3 is 1.86 bits per heavy atom. The molecule has 0 unspecified atom stereocenters. The van der Waals surface area contributed by atoms with Crippen molar-refractivity contribution in [3.63, 3.8) is 0 Å². The van der Waals surface area contributed by atoms with Crippen molar-refractivity contribution in [2.24, 2.45) is 0 Å². The molecule has 0 N–H and O–H groups in total. The molecule has 0 spiro atoms. The molecular formula is C25H28O2P+. The van der Waals surface area contributed by atoms with Crippen LogP contribution in [-0.2, 0) is 4.74 Å². The van der Waals surface area contributed by atoms with Crippen LogP contribution in [0.1, 0.15) is 36.5 Å². The Morgan fingerprint density at radius 2 is 1.32 bits per heavy atom. The van der Waals surface area contributed by atoms with Gasteiger partial charge in [-0.3, -0.25) is 0 Å². The first-order valence-electron chi connectivity index (χ1n) is 9.91. The first-order chi connectivity index (χ1) is 13.7. The average Bonchev–Trinajstić information content (AvgIpc) is 2.78. The highest BCUT2D eigenvalue weighted by molar-refractivity contribution is 7.95. The van der Waals surface area contributed by atoms with Crippen LogP contribution in [0.5, 0.6) is 0 Å². The summed E-state index contributed by atoms with van der Waals surface area (Å²) in [6, 6.07) is 29.4. The molecule has 3 aromatic rings. The zero-order chi connectivity index (χ0) is 19.8. The Hall–Kier alpha value is -2.44. The third-order valence-corrected chi connectivity index (χ3v) is 9.77. The lowest BCUT2D eigenvalue weighted by Crippen LogP contribution is -2.36. The smallest absolute Gasteiger partial charge is 0.341 e. The van der Waals surface area contributed by atoms with Gasteiger partial charge in [-0.2, -0.15) is 0 Å². The van der Waals surface area contributed by atoms with Gasteiger partial charge in [-0.05, 0) is 42.8 Å². The maximum atomic E-state index is 12.7. The van der Waals surface area contributed by atoms with E-state index >= 15 is 0 Å². The normalized spacial score (nSPS) is 11.2. The zero-order valence-electron chi connectivity index (χ0n) is 16.7. The van der Waals surface area contributed by atoms with Gasteiger partial charge < -0.3 is 4.74 Å². The summed E-state index contributed by atoms with van der Waals surface area (Å²) >= 11 is 0. The third-order valence-electron chi connectivity index (χ3n) is 5.21. The monoisotopic (exact) mass is 391 g/mol. The molecule has 3 heteroatoms. The van der Waals surface area contributed by atoms with Crippen molar-refractivity contribution in [1.29, 1.82) is 0 Å². The first kappa shape index (κ1) is 20.3. The first-order valence-corrected chi connectivity index (χ1v) is 11.9. The maximum absolute atomic E-state index is 12.7. The maximum Gasteiger partial charge on any atom is 0.341 e. The van der Waals surface area contributed by atoms with Crippen molar-refractivity contribution < 1.29 is 9.53 Å². The average molecular weight is 391 g/mol. The summed E-state index contributed by atoms with van der Waals surface area (Å²) in [5, 5.41) is 3.75. The Balaban J connectivity index is 2.32. The van der Waals surface area contributed by atoms with Gasteiger partial charge in [0.1, 0.15) is 28.7 Å². The largest absolute Gasteiger partial charge is 0.465 e. The molecule has 0 amide bonds. The van der Waals surface area contributed by atoms with Crippen molar-refractivity contribution in [2.75, 3.05) is 13.3 Å². The van der Waals surface area contributed by atoms with E-state index in [4.69, 9.17) is 4.74 Å². The van der Waals surface area contributed by atoms with E-state index in [-0.39, 0.29) is 5.97 Å². The van der Waals surface area contributed by atoms with E-state index in [9.17, 15) is 4.79 Å². The van der Waals surface area contributed by atoms with Crippen molar-refractivity contribution in [3.05, 3.63) is 90.5 Å². The number of esters is 1. The summed E-state index contributed by atoms with van der Waals surface area (Å²) in [5.74, 6) is -0.262. The van der Waals surface area contributed by atoms with Gasteiger partial charge in [0.15, 0.2) is 0 Å². The number of hydrogen-bond donors (Lipinski definition) is 0. The topological polar surface area (TPSA) is 26.3 Å². The second-order valence-electron chi connectivity index (χ2n) is 6.92. The molecular weight excluding hydrogens is 363 g/mol. The van der Waals surface area contributed by atoms with Gasteiger partial charge in [0.2, 0.25) is 0 Å². The molecule has 2 nitrogen and oxygen atoms in total. The number of hydrogen-bond acceptors (Lipinski definition) is 2. The van der Waals surface area contributed by atoms with Crippen LogP contribution in [0.25, 0.3) is 0 Å². The predicted octanol–water partition coefficient (Wildman–Crippen LogP) is 4.96. The number of benzene rings is 3. The van der Waals surface area contributed by atoms with Crippen molar-refractivity contribution in [3.8, 4) is 0 Å². The van der Waals surface area contributed by atoms with Gasteiger partial charge >= 0.3 is 5.97 Å². The third kappa shape index (κ3) is 4.03. The number of carbonyl (C=O) groups excluding carboxylic acids is 1. The lowest BCUT2D eigenvalue weighted by molar-refractivity contribution is 0.0602. The van der Waals surface area contributed by atoms with Crippen LogP contribution in [0.4, 0.5) is 0 Å². The van der Waals surface area contributed by atoms with Crippen LogP contribution in [0.15, 0.2) is 84.9 Å². The van der Waals surface area contributed by atoms with E-state index in [1.165, 1.54) is 30.6 Å². The van der Waals surface area contributed by atoms with Crippen molar-refractivity contribution in [2.45, 2.75) is 26.2 Å². The summed E-state index contributed by atoms with van der Waals surface area (Å²) in [7, 11) is -0.529. The fraction of sp³-hybridized carbons (Fsp3) is 0.240. The van der Waals surface area contributed by atoms with Gasteiger partial charge in [-0.15, -0.1) is 0 Å². The second kappa shape index (κ2) is 9.66. The Labute approximate surface area is 168 Å². The molecule has 0 aliphatic rings. The molecule has 0 saturated carbocycles. The van der Waals surface area contributed by atoms with E-state index in [0.29, 0.717) is 5.56 Å².